The molecule has 0 bridgehead atoms. The first kappa shape index (κ1) is 34.5. The zero-order valence-corrected chi connectivity index (χ0v) is 18.2. The molecule has 166 valence electrons. The van der Waals surface area contributed by atoms with Gasteiger partial charge in [-0.2, -0.15) is 5.10 Å². The summed E-state index contributed by atoms with van der Waals surface area (Å²) >= 11 is 0. The number of likely N-dealkylation sites (N-methyl/N-ethyl adjacent to an activating group) is 1. The van der Waals surface area contributed by atoms with Crippen LogP contribution in [0.2, 0.25) is 0 Å². The molecular formula is C17H32Cl3FN4O3. The SMILES string of the molecule is CCN1CCN(CCc2c[nH]nc2-c2ccc(F)cc2)CC1.Cl.Cl.Cl.O.O.O. The topological polar surface area (TPSA) is 130 Å². The van der Waals surface area contributed by atoms with E-state index in [-0.39, 0.29) is 59.5 Å². The van der Waals surface area contributed by atoms with Crippen LogP contribution in [0.4, 0.5) is 4.39 Å². The number of rotatable bonds is 5. The summed E-state index contributed by atoms with van der Waals surface area (Å²) in [5.74, 6) is -0.213. The third kappa shape index (κ3) is 9.02. The van der Waals surface area contributed by atoms with Crippen LogP contribution in [-0.4, -0.2) is 75.7 Å². The zero-order chi connectivity index (χ0) is 15.4. The molecule has 7 N–H and O–H groups in total. The molecule has 1 saturated heterocycles. The molecule has 2 heterocycles. The number of benzene rings is 1. The molecule has 1 aromatic carbocycles. The zero-order valence-electron chi connectivity index (χ0n) is 15.8. The maximum atomic E-state index is 13.0. The van der Waals surface area contributed by atoms with Crippen molar-refractivity contribution in [3.05, 3.63) is 41.8 Å². The number of hydrogen-bond acceptors (Lipinski definition) is 3. The molecular weight excluding hydrogens is 434 g/mol. The van der Waals surface area contributed by atoms with Crippen LogP contribution in [0.15, 0.2) is 30.5 Å². The summed E-state index contributed by atoms with van der Waals surface area (Å²) in [6.45, 7) is 9.00. The van der Waals surface area contributed by atoms with Crippen molar-refractivity contribution in [2.45, 2.75) is 13.3 Å². The molecule has 11 heteroatoms. The van der Waals surface area contributed by atoms with Gasteiger partial charge in [0.25, 0.3) is 0 Å². The molecule has 28 heavy (non-hydrogen) atoms. The standard InChI is InChI=1S/C17H23FN4.3ClH.3H2O/c1-2-21-9-11-22(12-10-21)8-7-15-13-19-20-17(15)14-3-5-16(18)6-4-14;;;;;;/h3-6,13H,2,7-12H2,1H3,(H,19,20);3*1H;3*1H2. The van der Waals surface area contributed by atoms with Crippen molar-refractivity contribution in [3.63, 3.8) is 0 Å². The van der Waals surface area contributed by atoms with Crippen LogP contribution in [0.5, 0.6) is 0 Å². The van der Waals surface area contributed by atoms with Gasteiger partial charge in [0.05, 0.1) is 5.69 Å². The summed E-state index contributed by atoms with van der Waals surface area (Å²) < 4.78 is 13.0. The maximum absolute atomic E-state index is 13.0. The second-order valence-corrected chi connectivity index (χ2v) is 5.79. The number of hydrogen-bond donors (Lipinski definition) is 1. The van der Waals surface area contributed by atoms with Crippen molar-refractivity contribution in [2.24, 2.45) is 0 Å². The van der Waals surface area contributed by atoms with Crippen LogP contribution in [0.3, 0.4) is 0 Å². The van der Waals surface area contributed by atoms with Gasteiger partial charge in [-0.05, 0) is 42.8 Å². The summed E-state index contributed by atoms with van der Waals surface area (Å²) in [6, 6.07) is 6.54. The monoisotopic (exact) mass is 464 g/mol. The van der Waals surface area contributed by atoms with E-state index in [2.05, 4.69) is 26.9 Å². The molecule has 0 radical (unpaired) electrons. The molecule has 1 aliphatic rings. The van der Waals surface area contributed by atoms with Crippen LogP contribution < -0.4 is 0 Å². The smallest absolute Gasteiger partial charge is 0.123 e. The van der Waals surface area contributed by atoms with E-state index in [0.717, 1.165) is 56.9 Å². The number of aromatic nitrogens is 2. The highest BCUT2D eigenvalue weighted by atomic mass is 35.5. The summed E-state index contributed by atoms with van der Waals surface area (Å²) in [5, 5.41) is 7.28. The molecule has 1 fully saturated rings. The molecule has 2 aromatic rings. The van der Waals surface area contributed by atoms with Crippen molar-refractivity contribution in [1.82, 2.24) is 20.0 Å². The van der Waals surface area contributed by atoms with Gasteiger partial charge in [-0.15, -0.1) is 37.2 Å². The van der Waals surface area contributed by atoms with Gasteiger partial charge in [-0.25, -0.2) is 4.39 Å². The predicted octanol–water partition coefficient (Wildman–Crippen LogP) is 1.19. The molecule has 0 spiro atoms. The van der Waals surface area contributed by atoms with Gasteiger partial charge in [0, 0.05) is 44.5 Å². The molecule has 0 atom stereocenters. The Hall–Kier alpha value is -0.970. The fourth-order valence-electron chi connectivity index (χ4n) is 2.97. The first-order chi connectivity index (χ1) is 10.8. The molecule has 7 nitrogen and oxygen atoms in total. The minimum absolute atomic E-state index is 0. The van der Waals surface area contributed by atoms with Gasteiger partial charge in [-0.1, -0.05) is 6.92 Å². The number of halogens is 4. The third-order valence-corrected chi connectivity index (χ3v) is 4.45. The molecule has 0 aliphatic carbocycles. The van der Waals surface area contributed by atoms with E-state index < -0.39 is 0 Å². The lowest BCUT2D eigenvalue weighted by atomic mass is 10.1. The number of nitrogens with zero attached hydrogens (tertiary/aromatic N) is 3. The normalized spacial score (nSPS) is 13.4. The highest BCUT2D eigenvalue weighted by molar-refractivity contribution is 5.86. The lowest BCUT2D eigenvalue weighted by Gasteiger charge is -2.33. The number of nitrogens with one attached hydrogen (secondary N) is 1. The predicted molar refractivity (Wildman–Crippen MR) is 119 cm³/mol. The second-order valence-electron chi connectivity index (χ2n) is 5.79. The Kier molecular flexibility index (Phi) is 20.9. The minimum Gasteiger partial charge on any atom is -0.412 e. The molecule has 0 amide bonds. The van der Waals surface area contributed by atoms with Gasteiger partial charge >= 0.3 is 0 Å². The van der Waals surface area contributed by atoms with Crippen molar-refractivity contribution in [2.75, 3.05) is 39.3 Å². The lowest BCUT2D eigenvalue weighted by Crippen LogP contribution is -2.46. The number of aromatic amines is 1. The van der Waals surface area contributed by atoms with Crippen LogP contribution in [0.1, 0.15) is 12.5 Å². The van der Waals surface area contributed by atoms with Gasteiger partial charge in [0.1, 0.15) is 5.82 Å². The Morgan fingerprint density at radius 3 is 2.00 bits per heavy atom. The summed E-state index contributed by atoms with van der Waals surface area (Å²) in [5.41, 5.74) is 3.10. The first-order valence-corrected chi connectivity index (χ1v) is 7.99. The molecule has 3 rings (SSSR count). The van der Waals surface area contributed by atoms with Crippen LogP contribution in [0.25, 0.3) is 11.3 Å². The van der Waals surface area contributed by atoms with Crippen LogP contribution >= 0.6 is 37.2 Å². The van der Waals surface area contributed by atoms with Crippen molar-refractivity contribution in [1.29, 1.82) is 0 Å². The molecule has 1 aromatic heterocycles. The van der Waals surface area contributed by atoms with Crippen molar-refractivity contribution in [3.8, 4) is 11.3 Å². The average Bonchev–Trinajstić information content (AvgIpc) is 3.02. The Bertz CT molecular complexity index is 612. The van der Waals surface area contributed by atoms with E-state index in [1.165, 1.54) is 17.7 Å². The molecule has 0 unspecified atom stereocenters. The van der Waals surface area contributed by atoms with Crippen LogP contribution in [0, 0.1) is 5.82 Å². The van der Waals surface area contributed by atoms with Gasteiger partial charge in [0.2, 0.25) is 0 Å². The Morgan fingerprint density at radius 2 is 1.46 bits per heavy atom. The van der Waals surface area contributed by atoms with E-state index in [1.807, 2.05) is 6.20 Å². The van der Waals surface area contributed by atoms with Gasteiger partial charge in [0.15, 0.2) is 0 Å². The highest BCUT2D eigenvalue weighted by Crippen LogP contribution is 2.22. The van der Waals surface area contributed by atoms with Crippen molar-refractivity contribution < 1.29 is 20.8 Å². The Balaban J connectivity index is -0.000000480. The molecule has 1 aliphatic heterocycles. The lowest BCUT2D eigenvalue weighted by molar-refractivity contribution is 0.138. The fourth-order valence-corrected chi connectivity index (χ4v) is 2.97. The summed E-state index contributed by atoms with van der Waals surface area (Å²) in [6.07, 6.45) is 2.93. The Morgan fingerprint density at radius 1 is 0.929 bits per heavy atom. The van der Waals surface area contributed by atoms with E-state index in [0.29, 0.717) is 0 Å². The third-order valence-electron chi connectivity index (χ3n) is 4.45. The fraction of sp³-hybridized carbons (Fsp3) is 0.471. The molecule has 0 saturated carbocycles. The van der Waals surface area contributed by atoms with E-state index in [4.69, 9.17) is 0 Å². The number of piperazine rings is 1. The number of H-pyrrole nitrogens is 1. The Labute approximate surface area is 183 Å². The largest absolute Gasteiger partial charge is 0.412 e. The first-order valence-electron chi connectivity index (χ1n) is 7.99. The minimum atomic E-state index is -0.213. The average molecular weight is 466 g/mol. The maximum Gasteiger partial charge on any atom is 0.123 e. The van der Waals surface area contributed by atoms with Crippen LogP contribution in [-0.2, 0) is 6.42 Å². The quantitative estimate of drug-likeness (QED) is 0.711. The van der Waals surface area contributed by atoms with Gasteiger partial charge in [-0.3, -0.25) is 5.10 Å². The van der Waals surface area contributed by atoms with E-state index in [1.54, 1.807) is 12.1 Å². The van der Waals surface area contributed by atoms with E-state index >= 15 is 0 Å². The van der Waals surface area contributed by atoms with Crippen molar-refractivity contribution >= 4 is 37.2 Å². The highest BCUT2D eigenvalue weighted by Gasteiger charge is 2.16. The second kappa shape index (κ2) is 16.9. The van der Waals surface area contributed by atoms with Gasteiger partial charge < -0.3 is 26.2 Å². The summed E-state index contributed by atoms with van der Waals surface area (Å²) in [4.78, 5) is 4.99. The van der Waals surface area contributed by atoms with E-state index in [9.17, 15) is 4.39 Å². The summed E-state index contributed by atoms with van der Waals surface area (Å²) in [7, 11) is 0.